The van der Waals surface area contributed by atoms with E-state index in [1.807, 2.05) is 101 Å². The third-order valence-corrected chi connectivity index (χ3v) is 9.14. The van der Waals surface area contributed by atoms with Gasteiger partial charge in [-0.25, -0.2) is 8.42 Å². The lowest BCUT2D eigenvalue weighted by Gasteiger charge is -2.34. The van der Waals surface area contributed by atoms with E-state index in [4.69, 9.17) is 0 Å². The maximum absolute atomic E-state index is 14.5. The minimum atomic E-state index is -4.14. The Kier molecular flexibility index (Phi) is 10.6. The van der Waals surface area contributed by atoms with Gasteiger partial charge in [-0.05, 0) is 69.5 Å². The van der Waals surface area contributed by atoms with Crippen molar-refractivity contribution in [2.75, 3.05) is 10.8 Å². The molecule has 0 saturated carbocycles. The molecule has 44 heavy (non-hydrogen) atoms. The molecule has 0 aliphatic carbocycles. The molecule has 0 aromatic heterocycles. The van der Waals surface area contributed by atoms with Crippen molar-refractivity contribution in [1.82, 2.24) is 10.2 Å². The van der Waals surface area contributed by atoms with Gasteiger partial charge in [0.05, 0.1) is 10.6 Å². The Hall–Kier alpha value is -4.43. The highest BCUT2D eigenvalue weighted by Gasteiger charge is 2.35. The average Bonchev–Trinajstić information content (AvgIpc) is 2.98. The van der Waals surface area contributed by atoms with Gasteiger partial charge in [-0.15, -0.1) is 0 Å². The Labute approximate surface area is 261 Å². The summed E-state index contributed by atoms with van der Waals surface area (Å²) in [6, 6.07) is 29.8. The first-order valence-corrected chi connectivity index (χ1v) is 16.2. The molecule has 0 radical (unpaired) electrons. The number of hydrogen-bond donors (Lipinski definition) is 1. The monoisotopic (exact) mass is 611 g/mol. The quantitative estimate of drug-likeness (QED) is 0.214. The van der Waals surface area contributed by atoms with E-state index >= 15 is 0 Å². The molecule has 1 atom stereocenters. The summed E-state index contributed by atoms with van der Waals surface area (Å²) < 4.78 is 29.5. The number of carbonyl (C=O) groups excluding carboxylic acids is 2. The fourth-order valence-electron chi connectivity index (χ4n) is 5.26. The maximum atomic E-state index is 14.5. The van der Waals surface area contributed by atoms with Crippen LogP contribution < -0.4 is 9.62 Å². The lowest BCUT2D eigenvalue weighted by Crippen LogP contribution is -2.54. The molecule has 0 aliphatic heterocycles. The fraction of sp³-hybridized carbons (Fsp3) is 0.278. The van der Waals surface area contributed by atoms with Crippen molar-refractivity contribution >= 4 is 27.5 Å². The van der Waals surface area contributed by atoms with E-state index in [0.717, 1.165) is 27.8 Å². The van der Waals surface area contributed by atoms with Crippen molar-refractivity contribution in [3.8, 4) is 0 Å². The third kappa shape index (κ3) is 8.14. The van der Waals surface area contributed by atoms with Crippen LogP contribution in [0.5, 0.6) is 0 Å². The number of carbonyl (C=O) groups is 2. The van der Waals surface area contributed by atoms with Crippen LogP contribution in [0.3, 0.4) is 0 Å². The lowest BCUT2D eigenvalue weighted by molar-refractivity contribution is -0.140. The van der Waals surface area contributed by atoms with Gasteiger partial charge in [-0.1, -0.05) is 96.1 Å². The predicted molar refractivity (Wildman–Crippen MR) is 176 cm³/mol. The average molecular weight is 612 g/mol. The van der Waals surface area contributed by atoms with Gasteiger partial charge in [0.25, 0.3) is 10.0 Å². The first kappa shape index (κ1) is 32.5. The minimum absolute atomic E-state index is 0.0800. The number of sulfonamides is 1. The molecule has 0 aliphatic rings. The molecule has 0 spiro atoms. The van der Waals surface area contributed by atoms with Crippen LogP contribution >= 0.6 is 0 Å². The predicted octanol–water partition coefficient (Wildman–Crippen LogP) is 5.97. The molecule has 0 bridgehead atoms. The van der Waals surface area contributed by atoms with Crippen molar-refractivity contribution in [3.63, 3.8) is 0 Å². The molecule has 230 valence electrons. The lowest BCUT2D eigenvalue weighted by atomic mass is 10.0. The molecule has 8 heteroatoms. The molecule has 1 unspecified atom stereocenters. The SMILES string of the molecule is Cc1cccc(CN(C(=O)CN(c2ccc(C)cc2C)S(=O)(=O)c2ccccc2)C(Cc2ccccc2)C(=O)NC(C)C)c1. The molecule has 0 heterocycles. The summed E-state index contributed by atoms with van der Waals surface area (Å²) in [6.07, 6.45) is 0.270. The van der Waals surface area contributed by atoms with Gasteiger partial charge >= 0.3 is 0 Å². The van der Waals surface area contributed by atoms with Crippen LogP contribution in [0.2, 0.25) is 0 Å². The van der Waals surface area contributed by atoms with Crippen LogP contribution in [-0.2, 0) is 32.6 Å². The Bertz CT molecular complexity index is 1690. The molecule has 2 amide bonds. The van der Waals surface area contributed by atoms with E-state index in [0.29, 0.717) is 5.69 Å². The van der Waals surface area contributed by atoms with Gasteiger partial charge in [0.15, 0.2) is 0 Å². The van der Waals surface area contributed by atoms with E-state index in [1.165, 1.54) is 21.3 Å². The highest BCUT2D eigenvalue weighted by Crippen LogP contribution is 2.28. The summed E-state index contributed by atoms with van der Waals surface area (Å²) in [5, 5.41) is 2.99. The molecule has 4 rings (SSSR count). The first-order chi connectivity index (χ1) is 21.0. The van der Waals surface area contributed by atoms with Crippen molar-refractivity contribution in [3.05, 3.63) is 131 Å². The number of amides is 2. The second-order valence-corrected chi connectivity index (χ2v) is 13.4. The standard InChI is InChI=1S/C36H41N3O4S/c1-26(2)37-36(41)34(23-30-14-8-6-9-15-30)38(24-31-16-12-13-27(3)22-31)35(40)25-39(33-20-19-28(4)21-29(33)5)44(42,43)32-17-10-7-11-18-32/h6-22,26,34H,23-25H2,1-5H3,(H,37,41). The zero-order valence-corrected chi connectivity index (χ0v) is 26.8. The van der Waals surface area contributed by atoms with Crippen LogP contribution in [-0.4, -0.2) is 43.8 Å². The van der Waals surface area contributed by atoms with E-state index in [2.05, 4.69) is 5.32 Å². The van der Waals surface area contributed by atoms with Crippen LogP contribution in [0, 0.1) is 20.8 Å². The Morgan fingerprint density at radius 2 is 1.36 bits per heavy atom. The van der Waals surface area contributed by atoms with E-state index in [1.54, 1.807) is 24.3 Å². The molecule has 1 N–H and O–H groups in total. The largest absolute Gasteiger partial charge is 0.352 e. The van der Waals surface area contributed by atoms with Gasteiger partial charge in [-0.3, -0.25) is 13.9 Å². The summed E-state index contributed by atoms with van der Waals surface area (Å²) in [5.74, 6) is -0.778. The maximum Gasteiger partial charge on any atom is 0.264 e. The second kappa shape index (κ2) is 14.4. The van der Waals surface area contributed by atoms with Crippen LogP contribution in [0.25, 0.3) is 0 Å². The second-order valence-electron chi connectivity index (χ2n) is 11.5. The molecule has 4 aromatic rings. The van der Waals surface area contributed by atoms with E-state index < -0.39 is 28.5 Å². The number of nitrogens with zero attached hydrogens (tertiary/aromatic N) is 2. The van der Waals surface area contributed by atoms with Gasteiger partial charge in [0.2, 0.25) is 11.8 Å². The minimum Gasteiger partial charge on any atom is -0.352 e. The molecule has 7 nitrogen and oxygen atoms in total. The normalized spacial score (nSPS) is 12.0. The molecule has 0 fully saturated rings. The van der Waals surface area contributed by atoms with Crippen LogP contribution in [0.1, 0.15) is 41.7 Å². The number of nitrogens with one attached hydrogen (secondary N) is 1. The molecule has 4 aromatic carbocycles. The van der Waals surface area contributed by atoms with Gasteiger partial charge in [0.1, 0.15) is 12.6 Å². The zero-order chi connectivity index (χ0) is 31.9. The summed E-state index contributed by atoms with van der Waals surface area (Å²) in [5.41, 5.74) is 4.86. The number of anilines is 1. The number of rotatable bonds is 12. The molecular formula is C36H41N3O4S. The molecule has 0 saturated heterocycles. The Morgan fingerprint density at radius 3 is 1.98 bits per heavy atom. The summed E-state index contributed by atoms with van der Waals surface area (Å²) in [6.45, 7) is 9.14. The third-order valence-electron chi connectivity index (χ3n) is 7.37. The van der Waals surface area contributed by atoms with Crippen molar-refractivity contribution in [1.29, 1.82) is 0 Å². The topological polar surface area (TPSA) is 86.8 Å². The van der Waals surface area contributed by atoms with Crippen LogP contribution in [0.4, 0.5) is 5.69 Å². The van der Waals surface area contributed by atoms with Crippen LogP contribution in [0.15, 0.2) is 108 Å². The van der Waals surface area contributed by atoms with E-state index in [-0.39, 0.29) is 29.8 Å². The Balaban J connectivity index is 1.82. The number of aryl methyl sites for hydroxylation is 3. The van der Waals surface area contributed by atoms with Crippen molar-refractivity contribution in [2.24, 2.45) is 0 Å². The summed E-state index contributed by atoms with van der Waals surface area (Å²) >= 11 is 0. The smallest absolute Gasteiger partial charge is 0.264 e. The summed E-state index contributed by atoms with van der Waals surface area (Å²) in [4.78, 5) is 29.9. The first-order valence-electron chi connectivity index (χ1n) is 14.8. The molecular weight excluding hydrogens is 570 g/mol. The van der Waals surface area contributed by atoms with Gasteiger partial charge < -0.3 is 10.2 Å². The van der Waals surface area contributed by atoms with Crippen molar-refractivity contribution < 1.29 is 18.0 Å². The zero-order valence-electron chi connectivity index (χ0n) is 26.0. The van der Waals surface area contributed by atoms with Gasteiger partial charge in [-0.2, -0.15) is 0 Å². The highest BCUT2D eigenvalue weighted by molar-refractivity contribution is 7.92. The highest BCUT2D eigenvalue weighted by atomic mass is 32.2. The fourth-order valence-corrected chi connectivity index (χ4v) is 6.76. The van der Waals surface area contributed by atoms with Gasteiger partial charge in [0, 0.05) is 19.0 Å². The Morgan fingerprint density at radius 1 is 0.750 bits per heavy atom. The van der Waals surface area contributed by atoms with E-state index in [9.17, 15) is 18.0 Å². The number of benzene rings is 4. The van der Waals surface area contributed by atoms with Crippen molar-refractivity contribution in [2.45, 2.75) is 64.6 Å². The number of hydrogen-bond acceptors (Lipinski definition) is 4. The summed E-state index contributed by atoms with van der Waals surface area (Å²) in [7, 11) is -4.14.